The predicted molar refractivity (Wildman–Crippen MR) is 74.7 cm³/mol. The maximum atomic E-state index is 11.0. The number of aryl methyl sites for hydroxylation is 1. The topological polar surface area (TPSA) is 69.4 Å². The largest absolute Gasteiger partial charge is 0.456 e. The van der Waals surface area contributed by atoms with E-state index in [1.807, 2.05) is 0 Å². The Morgan fingerprint density at radius 3 is 2.65 bits per heavy atom. The Morgan fingerprint density at radius 1 is 1.25 bits per heavy atom. The highest BCUT2D eigenvalue weighted by atomic mass is 35.5. The molecule has 0 spiro atoms. The van der Waals surface area contributed by atoms with Crippen molar-refractivity contribution in [1.82, 2.24) is 0 Å². The molecule has 5 nitrogen and oxygen atoms in total. The summed E-state index contributed by atoms with van der Waals surface area (Å²) >= 11 is 5.90. The van der Waals surface area contributed by atoms with Crippen LogP contribution in [-0.4, -0.2) is 11.2 Å². The van der Waals surface area contributed by atoms with Crippen molar-refractivity contribution >= 4 is 23.6 Å². The summed E-state index contributed by atoms with van der Waals surface area (Å²) in [6.07, 6.45) is 0.588. The molecule has 0 unspecified atom stereocenters. The molecule has 0 saturated heterocycles. The van der Waals surface area contributed by atoms with Crippen LogP contribution >= 0.6 is 11.6 Å². The molecule has 2 rings (SSSR count). The van der Waals surface area contributed by atoms with Crippen molar-refractivity contribution < 1.29 is 14.5 Å². The van der Waals surface area contributed by atoms with Crippen LogP contribution in [0.5, 0.6) is 11.5 Å². The molecule has 2 aromatic carbocycles. The second-order valence-electron chi connectivity index (χ2n) is 4.08. The van der Waals surface area contributed by atoms with Crippen LogP contribution in [-0.2, 0) is 0 Å². The zero-order chi connectivity index (χ0) is 14.7. The molecule has 0 aromatic heterocycles. The maximum absolute atomic E-state index is 11.0. The Morgan fingerprint density at radius 2 is 2.00 bits per heavy atom. The minimum absolute atomic E-state index is 0.0831. The van der Waals surface area contributed by atoms with Crippen LogP contribution in [0.1, 0.15) is 15.9 Å². The van der Waals surface area contributed by atoms with Crippen molar-refractivity contribution in [2.24, 2.45) is 0 Å². The summed E-state index contributed by atoms with van der Waals surface area (Å²) in [6, 6.07) is 9.06. The highest BCUT2D eigenvalue weighted by molar-refractivity contribution is 6.33. The molecule has 0 atom stereocenters. The first kappa shape index (κ1) is 14.0. The van der Waals surface area contributed by atoms with Gasteiger partial charge >= 0.3 is 0 Å². The third-order valence-corrected chi connectivity index (χ3v) is 3.06. The maximum Gasteiger partial charge on any atom is 0.273 e. The van der Waals surface area contributed by atoms with Crippen molar-refractivity contribution in [1.29, 1.82) is 0 Å². The second kappa shape index (κ2) is 5.71. The fraction of sp³-hybridized carbons (Fsp3) is 0.0714. The van der Waals surface area contributed by atoms with E-state index < -0.39 is 4.92 Å². The van der Waals surface area contributed by atoms with Crippen molar-refractivity contribution in [3.8, 4) is 11.5 Å². The fourth-order valence-electron chi connectivity index (χ4n) is 1.65. The molecule has 0 amide bonds. The van der Waals surface area contributed by atoms with Crippen LogP contribution in [0.2, 0.25) is 5.02 Å². The van der Waals surface area contributed by atoms with Gasteiger partial charge in [0.1, 0.15) is 11.5 Å². The summed E-state index contributed by atoms with van der Waals surface area (Å²) < 4.78 is 5.58. The molecule has 20 heavy (non-hydrogen) atoms. The average Bonchev–Trinajstić information content (AvgIpc) is 2.41. The summed E-state index contributed by atoms with van der Waals surface area (Å²) in [5, 5.41) is 11.0. The second-order valence-corrected chi connectivity index (χ2v) is 4.49. The van der Waals surface area contributed by atoms with E-state index >= 15 is 0 Å². The number of halogens is 1. The van der Waals surface area contributed by atoms with E-state index in [1.54, 1.807) is 31.2 Å². The number of nitrogens with zero attached hydrogens (tertiary/aromatic N) is 1. The van der Waals surface area contributed by atoms with E-state index in [0.29, 0.717) is 17.6 Å². The van der Waals surface area contributed by atoms with Gasteiger partial charge in [0.05, 0.1) is 21.6 Å². The number of benzene rings is 2. The lowest BCUT2D eigenvalue weighted by Gasteiger charge is -2.11. The van der Waals surface area contributed by atoms with Gasteiger partial charge in [-0.2, -0.15) is 0 Å². The quantitative estimate of drug-likeness (QED) is 0.482. The molecule has 0 bridgehead atoms. The van der Waals surface area contributed by atoms with Crippen molar-refractivity contribution in [2.45, 2.75) is 6.92 Å². The van der Waals surface area contributed by atoms with Gasteiger partial charge in [0, 0.05) is 6.07 Å². The molecule has 0 saturated carbocycles. The molecular weight excluding hydrogens is 282 g/mol. The van der Waals surface area contributed by atoms with Gasteiger partial charge in [0.25, 0.3) is 5.69 Å². The van der Waals surface area contributed by atoms with E-state index in [9.17, 15) is 14.9 Å². The zero-order valence-corrected chi connectivity index (χ0v) is 11.3. The highest BCUT2D eigenvalue weighted by Crippen LogP contribution is 2.32. The van der Waals surface area contributed by atoms with E-state index in [2.05, 4.69) is 0 Å². The van der Waals surface area contributed by atoms with Gasteiger partial charge < -0.3 is 4.74 Å². The third-order valence-electron chi connectivity index (χ3n) is 2.73. The van der Waals surface area contributed by atoms with E-state index in [4.69, 9.17) is 16.3 Å². The molecule has 6 heteroatoms. The van der Waals surface area contributed by atoms with Crippen LogP contribution in [0.3, 0.4) is 0 Å². The smallest absolute Gasteiger partial charge is 0.273 e. The van der Waals surface area contributed by atoms with Crippen molar-refractivity contribution in [2.75, 3.05) is 0 Å². The number of nitro benzene ring substituents is 1. The SMILES string of the molecule is Cc1ccc([N+](=O)[O-])cc1Oc1cccc(Cl)c1C=O. The van der Waals surface area contributed by atoms with Crippen LogP contribution in [0.4, 0.5) is 5.69 Å². The molecule has 0 aliphatic carbocycles. The van der Waals surface area contributed by atoms with E-state index in [0.717, 1.165) is 0 Å². The number of rotatable bonds is 4. The zero-order valence-electron chi connectivity index (χ0n) is 10.5. The third kappa shape index (κ3) is 2.78. The lowest BCUT2D eigenvalue weighted by Crippen LogP contribution is -1.95. The summed E-state index contributed by atoms with van der Waals surface area (Å²) in [7, 11) is 0. The first-order valence-electron chi connectivity index (χ1n) is 5.69. The van der Waals surface area contributed by atoms with Crippen molar-refractivity contribution in [3.05, 3.63) is 62.7 Å². The molecule has 102 valence electrons. The highest BCUT2D eigenvalue weighted by Gasteiger charge is 2.13. The van der Waals surface area contributed by atoms with Gasteiger partial charge in [-0.25, -0.2) is 0 Å². The molecule has 0 aliphatic rings. The first-order chi connectivity index (χ1) is 9.52. The number of carbonyl (C=O) groups is 1. The van der Waals surface area contributed by atoms with Gasteiger partial charge in [-0.05, 0) is 30.7 Å². The van der Waals surface area contributed by atoms with Gasteiger partial charge in [0.15, 0.2) is 6.29 Å². The molecule has 0 aliphatic heterocycles. The molecule has 0 heterocycles. The van der Waals surface area contributed by atoms with Gasteiger partial charge in [0.2, 0.25) is 0 Å². The summed E-state index contributed by atoms with van der Waals surface area (Å²) in [4.78, 5) is 21.3. The number of nitro groups is 1. The summed E-state index contributed by atoms with van der Waals surface area (Å²) in [5.74, 6) is 0.570. The summed E-state index contributed by atoms with van der Waals surface area (Å²) in [5.41, 5.74) is 0.841. The van der Waals surface area contributed by atoms with Gasteiger partial charge in [-0.3, -0.25) is 14.9 Å². The summed E-state index contributed by atoms with van der Waals surface area (Å²) in [6.45, 7) is 1.75. The Kier molecular flexibility index (Phi) is 4.00. The minimum Gasteiger partial charge on any atom is -0.456 e. The van der Waals surface area contributed by atoms with Crippen LogP contribution in [0, 0.1) is 17.0 Å². The van der Waals surface area contributed by atoms with E-state index in [1.165, 1.54) is 12.1 Å². The lowest BCUT2D eigenvalue weighted by atomic mass is 10.2. The Balaban J connectivity index is 2.44. The number of non-ortho nitro benzene ring substituents is 1. The Hall–Kier alpha value is -2.40. The van der Waals surface area contributed by atoms with E-state index in [-0.39, 0.29) is 22.0 Å². The van der Waals surface area contributed by atoms with Gasteiger partial charge in [-0.15, -0.1) is 0 Å². The fourth-order valence-corrected chi connectivity index (χ4v) is 1.86. The predicted octanol–water partition coefficient (Wildman–Crippen LogP) is 4.16. The normalized spacial score (nSPS) is 10.1. The van der Waals surface area contributed by atoms with Crippen LogP contribution < -0.4 is 4.74 Å². The first-order valence-corrected chi connectivity index (χ1v) is 6.07. The number of aldehydes is 1. The number of hydrogen-bond donors (Lipinski definition) is 0. The average molecular weight is 292 g/mol. The minimum atomic E-state index is -0.509. The monoisotopic (exact) mass is 291 g/mol. The lowest BCUT2D eigenvalue weighted by molar-refractivity contribution is -0.384. The molecular formula is C14H10ClNO4. The van der Waals surface area contributed by atoms with Crippen LogP contribution in [0.15, 0.2) is 36.4 Å². The molecule has 0 N–H and O–H groups in total. The number of hydrogen-bond acceptors (Lipinski definition) is 4. The molecule has 0 fully saturated rings. The molecule has 0 radical (unpaired) electrons. The van der Waals surface area contributed by atoms with Crippen molar-refractivity contribution in [3.63, 3.8) is 0 Å². The molecule has 2 aromatic rings. The Bertz CT molecular complexity index is 685. The van der Waals surface area contributed by atoms with Gasteiger partial charge in [-0.1, -0.05) is 17.7 Å². The Labute approximate surface area is 119 Å². The number of ether oxygens (including phenoxy) is 1. The number of carbonyl (C=O) groups excluding carboxylic acids is 1. The standard InChI is InChI=1S/C14H10ClNO4/c1-9-5-6-10(16(18)19)7-14(9)20-13-4-2-3-12(15)11(13)8-17/h2-8H,1H3. The van der Waals surface area contributed by atoms with Crippen LogP contribution in [0.25, 0.3) is 0 Å².